The van der Waals surface area contributed by atoms with Crippen molar-refractivity contribution in [2.45, 2.75) is 32.1 Å². The molecule has 45 heavy (non-hydrogen) atoms. The minimum absolute atomic E-state index is 0.0103. The fraction of sp³-hybridized carbons (Fsp3) is 0.276. The molecule has 0 atom stereocenters. The van der Waals surface area contributed by atoms with E-state index in [9.17, 15) is 19.5 Å². The van der Waals surface area contributed by atoms with Crippen molar-refractivity contribution in [3.8, 4) is 28.2 Å². The van der Waals surface area contributed by atoms with Crippen molar-refractivity contribution in [2.24, 2.45) is 0 Å². The molecule has 4 rings (SSSR count). The first kappa shape index (κ1) is 37.7. The van der Waals surface area contributed by atoms with Crippen LogP contribution in [0, 0.1) is 14.3 Å². The molecule has 0 aromatic heterocycles. The standard InChI is InChI=1S/C29H21Cl4I4N2O6/c30-19-17(16-11-9-13(34)25(41)23(36)27(11)45-28-12(16)10-14(35)26(42)24(28)37)18(20(31)22(33)21(19)32)29(43)44-8-3-1-2-5-15(40)39-7-4-6-38/h9-10,38,41H,1-8H2,(H,39,40)/q-1. The molecular formula is C29H21Cl4I4N2O6-. The maximum Gasteiger partial charge on any atom is 0.340 e. The van der Waals surface area contributed by atoms with Crippen LogP contribution in [0.4, 0.5) is 0 Å². The zero-order valence-corrected chi connectivity index (χ0v) is 34.5. The predicted molar refractivity (Wildman–Crippen MR) is 213 cm³/mol. The molecule has 2 aromatic carbocycles. The third-order valence-electron chi connectivity index (χ3n) is 6.70. The van der Waals surface area contributed by atoms with Crippen LogP contribution >= 0.6 is 137 Å². The van der Waals surface area contributed by atoms with Gasteiger partial charge in [0.25, 0.3) is 0 Å². The largest absolute Gasteiger partial charge is 0.677 e. The molecule has 1 heterocycles. The molecule has 0 saturated heterocycles. The quantitative estimate of drug-likeness (QED) is 0.0384. The van der Waals surface area contributed by atoms with Gasteiger partial charge in [0.1, 0.15) is 9.32 Å². The molecule has 240 valence electrons. The van der Waals surface area contributed by atoms with Crippen LogP contribution < -0.4 is 10.7 Å². The topological polar surface area (TPSA) is 130 Å². The number of nitrogens with one attached hydrogen (secondary N) is 2. The zero-order valence-electron chi connectivity index (χ0n) is 22.8. The molecule has 3 N–H and O–H groups in total. The summed E-state index contributed by atoms with van der Waals surface area (Å²) in [5, 5.41) is 13.6. The second-order valence-electron chi connectivity index (χ2n) is 9.66. The molecule has 0 saturated carbocycles. The van der Waals surface area contributed by atoms with Crippen LogP contribution in [0.3, 0.4) is 0 Å². The van der Waals surface area contributed by atoms with Gasteiger partial charge in [-0.05, 0) is 122 Å². The van der Waals surface area contributed by atoms with E-state index in [0.29, 0.717) is 69.4 Å². The van der Waals surface area contributed by atoms with Gasteiger partial charge in [-0.3, -0.25) is 9.59 Å². The van der Waals surface area contributed by atoms with Gasteiger partial charge in [0.05, 0.1) is 43.0 Å². The first-order valence-corrected chi connectivity index (χ1v) is 19.0. The van der Waals surface area contributed by atoms with Gasteiger partial charge in [-0.1, -0.05) is 52.8 Å². The minimum atomic E-state index is -0.793. The van der Waals surface area contributed by atoms with E-state index in [2.05, 4.69) is 5.32 Å². The fourth-order valence-electron chi connectivity index (χ4n) is 4.53. The lowest BCUT2D eigenvalue weighted by Crippen LogP contribution is -2.24. The molecule has 16 heteroatoms. The van der Waals surface area contributed by atoms with Crippen LogP contribution in [0.2, 0.25) is 20.1 Å². The Hall–Kier alpha value is -0.0900. The number of halogens is 8. The molecule has 2 aromatic rings. The second-order valence-corrected chi connectivity index (χ2v) is 15.7. The van der Waals surface area contributed by atoms with Gasteiger partial charge in [0.2, 0.25) is 11.3 Å². The van der Waals surface area contributed by atoms with E-state index in [-0.39, 0.29) is 72.8 Å². The van der Waals surface area contributed by atoms with Gasteiger partial charge in [0.15, 0.2) is 11.3 Å². The summed E-state index contributed by atoms with van der Waals surface area (Å²) in [5.74, 6) is -0.659. The van der Waals surface area contributed by atoms with E-state index in [4.69, 9.17) is 61.3 Å². The lowest BCUT2D eigenvalue weighted by molar-refractivity contribution is -0.121. The summed E-state index contributed by atoms with van der Waals surface area (Å²) in [6.45, 7) is 0.776. The lowest BCUT2D eigenvalue weighted by Gasteiger charge is -2.22. The first-order valence-electron chi connectivity index (χ1n) is 13.2. The van der Waals surface area contributed by atoms with E-state index in [0.717, 1.165) is 0 Å². The summed E-state index contributed by atoms with van der Waals surface area (Å²) in [4.78, 5) is 38.6. The van der Waals surface area contributed by atoms with Crippen LogP contribution in [0.25, 0.3) is 39.2 Å². The number of esters is 1. The van der Waals surface area contributed by atoms with Crippen LogP contribution in [-0.2, 0) is 9.53 Å². The highest BCUT2D eigenvalue weighted by Crippen LogP contribution is 2.52. The maximum absolute atomic E-state index is 13.7. The molecule has 0 unspecified atom stereocenters. The number of benzene rings is 3. The van der Waals surface area contributed by atoms with Crippen LogP contribution in [0.1, 0.15) is 42.5 Å². The summed E-state index contributed by atoms with van der Waals surface area (Å²) >= 11 is 34.4. The highest BCUT2D eigenvalue weighted by molar-refractivity contribution is 14.1. The molecule has 0 radical (unpaired) electrons. The molecular weight excluding hydrogens is 1120 g/mol. The first-order chi connectivity index (χ1) is 21.3. The van der Waals surface area contributed by atoms with E-state index in [1.165, 1.54) is 0 Å². The van der Waals surface area contributed by atoms with Crippen molar-refractivity contribution >= 4 is 160 Å². The van der Waals surface area contributed by atoms with Crippen molar-refractivity contribution in [1.29, 1.82) is 0 Å². The monoisotopic (exact) mass is 1140 g/mol. The number of amides is 1. The molecule has 0 fully saturated rings. The third kappa shape index (κ3) is 8.05. The van der Waals surface area contributed by atoms with Crippen molar-refractivity contribution in [3.63, 3.8) is 0 Å². The Morgan fingerprint density at radius 3 is 2.27 bits per heavy atom. The van der Waals surface area contributed by atoms with Crippen molar-refractivity contribution in [2.75, 3.05) is 19.7 Å². The predicted octanol–water partition coefficient (Wildman–Crippen LogP) is 10.6. The number of hydrogen-bond donors (Lipinski definition) is 2. The third-order valence-corrected chi connectivity index (χ3v) is 12.1. The highest BCUT2D eigenvalue weighted by Gasteiger charge is 2.33. The van der Waals surface area contributed by atoms with E-state index in [1.807, 2.05) is 90.4 Å². The number of aromatic hydroxyl groups is 1. The number of rotatable bonds is 11. The summed E-state index contributed by atoms with van der Waals surface area (Å²) in [7, 11) is 0. The molecule has 8 nitrogen and oxygen atoms in total. The number of phenolic OH excluding ortho intramolecular Hbond substituents is 1. The number of phenols is 1. The Labute approximate surface area is 332 Å². The molecule has 0 spiro atoms. The van der Waals surface area contributed by atoms with E-state index < -0.39 is 5.97 Å². The van der Waals surface area contributed by atoms with Crippen LogP contribution in [0.5, 0.6) is 5.75 Å². The number of unbranched alkanes of at least 4 members (excludes halogenated alkanes) is 2. The van der Waals surface area contributed by atoms with E-state index in [1.54, 1.807) is 12.1 Å². The number of fused-ring (bicyclic) bond motifs is 2. The van der Waals surface area contributed by atoms with E-state index >= 15 is 0 Å². The Morgan fingerprint density at radius 2 is 1.58 bits per heavy atom. The van der Waals surface area contributed by atoms with Crippen molar-refractivity contribution < 1.29 is 23.8 Å². The normalized spacial score (nSPS) is 11.4. The summed E-state index contributed by atoms with van der Waals surface area (Å²) < 4.78 is 13.5. The van der Waals surface area contributed by atoms with Crippen molar-refractivity contribution in [1.82, 2.24) is 5.32 Å². The Morgan fingerprint density at radius 1 is 0.889 bits per heavy atom. The van der Waals surface area contributed by atoms with Gasteiger partial charge in [-0.15, -0.1) is 6.54 Å². The van der Waals surface area contributed by atoms with Gasteiger partial charge < -0.3 is 25.3 Å². The van der Waals surface area contributed by atoms with Gasteiger partial charge in [0, 0.05) is 35.0 Å². The summed E-state index contributed by atoms with van der Waals surface area (Å²) in [6, 6.07) is 3.32. The Kier molecular flexibility index (Phi) is 13.9. The minimum Gasteiger partial charge on any atom is -0.677 e. The smallest absolute Gasteiger partial charge is 0.340 e. The van der Waals surface area contributed by atoms with Gasteiger partial charge in [-0.2, -0.15) is 0 Å². The number of ether oxygens (including phenoxy) is 1. The van der Waals surface area contributed by atoms with Crippen molar-refractivity contribution in [3.05, 3.63) is 68.0 Å². The van der Waals surface area contributed by atoms with Crippen LogP contribution in [0.15, 0.2) is 21.3 Å². The second kappa shape index (κ2) is 16.5. The zero-order chi connectivity index (χ0) is 33.2. The number of hydrogen-bond acceptors (Lipinski definition) is 6. The average Bonchev–Trinajstić information content (AvgIpc) is 3.01. The maximum atomic E-state index is 13.7. The van der Waals surface area contributed by atoms with Crippen LogP contribution in [-0.4, -0.2) is 36.7 Å². The molecule has 1 aliphatic heterocycles. The summed E-state index contributed by atoms with van der Waals surface area (Å²) in [5.41, 5.74) is 8.03. The lowest BCUT2D eigenvalue weighted by atomic mass is 9.90. The fourth-order valence-corrected chi connectivity index (χ4v) is 9.13. The average molecular weight is 1140 g/mol. The number of carbonyl (C=O) groups is 2. The van der Waals surface area contributed by atoms with Gasteiger partial charge >= 0.3 is 5.97 Å². The summed E-state index contributed by atoms with van der Waals surface area (Å²) in [6.07, 6.45) is 2.66. The Bertz CT molecular complexity index is 1850. The number of carbonyl (C=O) groups excluding carboxylic acids is 2. The Balaban J connectivity index is 1.81. The molecule has 0 bridgehead atoms. The molecule has 1 amide bonds. The molecule has 2 aliphatic rings. The van der Waals surface area contributed by atoms with Gasteiger partial charge in [-0.25, -0.2) is 4.79 Å². The molecule has 1 aliphatic carbocycles. The SMILES string of the molecule is [NH-]CCCNC(=O)CCCCCOC(=O)c1c(Cl)c(Cl)c(Cl)c(Cl)c1-c1c2cc(I)c(=O)c(I)c-2oc2c(I)c(O)c(I)cc12. The highest BCUT2D eigenvalue weighted by atomic mass is 127.